The van der Waals surface area contributed by atoms with E-state index in [1.54, 1.807) is 0 Å². The fraction of sp³-hybridized carbons (Fsp3) is 0.400. The summed E-state index contributed by atoms with van der Waals surface area (Å²) in [4.78, 5) is 0. The normalized spacial score (nSPS) is 11.6. The fourth-order valence-corrected chi connectivity index (χ4v) is 1.11. The number of ether oxygens (including phenoxy) is 1. The Kier molecular flexibility index (Phi) is 4.14. The topological polar surface area (TPSA) is 35.2 Å². The van der Waals surface area contributed by atoms with E-state index in [4.69, 9.17) is 10.5 Å². The third-order valence-electron chi connectivity index (χ3n) is 1.91. The highest BCUT2D eigenvalue weighted by atomic mass is 19.4. The second-order valence-electron chi connectivity index (χ2n) is 3.37. The van der Waals surface area contributed by atoms with Gasteiger partial charge in [-0.3, -0.25) is 0 Å². The largest absolute Gasteiger partial charge is 0.490 e. The van der Waals surface area contributed by atoms with Crippen LogP contribution in [-0.2, 0) is 0 Å². The number of alkyl halides is 3. The van der Waals surface area contributed by atoms with Gasteiger partial charge in [0.05, 0.1) is 12.3 Å². The van der Waals surface area contributed by atoms with Crippen LogP contribution in [0.2, 0.25) is 0 Å². The fourth-order valence-electron chi connectivity index (χ4n) is 1.11. The second kappa shape index (κ2) is 5.20. The van der Waals surface area contributed by atoms with Crippen molar-refractivity contribution >= 4 is 5.69 Å². The first kappa shape index (κ1) is 13.5. The minimum absolute atomic E-state index is 0.324. The van der Waals surface area contributed by atoms with E-state index in [9.17, 15) is 22.0 Å². The molecular weight excluding hydrogens is 245 g/mol. The van der Waals surface area contributed by atoms with Gasteiger partial charge in [0.15, 0.2) is 11.6 Å². The van der Waals surface area contributed by atoms with Gasteiger partial charge < -0.3 is 10.5 Å². The van der Waals surface area contributed by atoms with Crippen molar-refractivity contribution in [1.29, 1.82) is 0 Å². The van der Waals surface area contributed by atoms with Crippen LogP contribution >= 0.6 is 0 Å². The van der Waals surface area contributed by atoms with Gasteiger partial charge in [-0.15, -0.1) is 0 Å². The Balaban J connectivity index is 2.50. The van der Waals surface area contributed by atoms with Crippen LogP contribution in [0.15, 0.2) is 12.1 Å². The van der Waals surface area contributed by atoms with Crippen LogP contribution in [0.4, 0.5) is 27.6 Å². The van der Waals surface area contributed by atoms with Crippen molar-refractivity contribution in [3.8, 4) is 5.75 Å². The van der Waals surface area contributed by atoms with Crippen LogP contribution in [-0.4, -0.2) is 12.8 Å². The molecule has 0 amide bonds. The van der Waals surface area contributed by atoms with Crippen LogP contribution in [0, 0.1) is 11.6 Å². The Labute approximate surface area is 94.2 Å². The van der Waals surface area contributed by atoms with Crippen LogP contribution in [0.3, 0.4) is 0 Å². The molecule has 2 nitrogen and oxygen atoms in total. The molecule has 17 heavy (non-hydrogen) atoms. The van der Waals surface area contributed by atoms with Crippen LogP contribution in [0.25, 0.3) is 0 Å². The molecule has 7 heteroatoms. The predicted molar refractivity (Wildman–Crippen MR) is 51.6 cm³/mol. The molecule has 0 heterocycles. The highest BCUT2D eigenvalue weighted by Crippen LogP contribution is 2.24. The molecule has 0 radical (unpaired) electrons. The monoisotopic (exact) mass is 255 g/mol. The number of anilines is 1. The molecule has 0 bridgehead atoms. The third-order valence-corrected chi connectivity index (χ3v) is 1.91. The van der Waals surface area contributed by atoms with Crippen molar-refractivity contribution in [2.75, 3.05) is 12.3 Å². The van der Waals surface area contributed by atoms with Gasteiger partial charge in [-0.25, -0.2) is 8.78 Å². The lowest BCUT2D eigenvalue weighted by molar-refractivity contribution is -0.136. The molecule has 0 aliphatic rings. The minimum Gasteiger partial charge on any atom is -0.490 e. The molecule has 0 spiro atoms. The zero-order valence-electron chi connectivity index (χ0n) is 8.65. The lowest BCUT2D eigenvalue weighted by Gasteiger charge is -2.09. The summed E-state index contributed by atoms with van der Waals surface area (Å²) in [6, 6.07) is 1.42. The van der Waals surface area contributed by atoms with Gasteiger partial charge in [0.25, 0.3) is 0 Å². The summed E-state index contributed by atoms with van der Waals surface area (Å²) < 4.78 is 66.0. The summed E-state index contributed by atoms with van der Waals surface area (Å²) in [6.07, 6.45) is -5.64. The molecule has 0 saturated carbocycles. The third kappa shape index (κ3) is 4.46. The summed E-state index contributed by atoms with van der Waals surface area (Å²) in [5.41, 5.74) is 4.70. The smallest absolute Gasteiger partial charge is 0.389 e. The summed E-state index contributed by atoms with van der Waals surface area (Å²) in [7, 11) is 0. The Morgan fingerprint density at radius 2 is 1.76 bits per heavy atom. The van der Waals surface area contributed by atoms with E-state index < -0.39 is 30.0 Å². The Morgan fingerprint density at radius 1 is 1.12 bits per heavy atom. The molecule has 0 atom stereocenters. The maximum atomic E-state index is 13.1. The molecule has 1 aromatic rings. The van der Waals surface area contributed by atoms with Gasteiger partial charge in [0.2, 0.25) is 0 Å². The van der Waals surface area contributed by atoms with Gasteiger partial charge in [0.1, 0.15) is 5.82 Å². The maximum Gasteiger partial charge on any atom is 0.389 e. The minimum atomic E-state index is -4.28. The molecule has 0 aliphatic carbocycles. The maximum absolute atomic E-state index is 13.1. The average molecular weight is 255 g/mol. The van der Waals surface area contributed by atoms with E-state index in [1.807, 2.05) is 0 Å². The average Bonchev–Trinajstić information content (AvgIpc) is 2.18. The number of halogens is 5. The molecule has 1 aromatic carbocycles. The zero-order chi connectivity index (χ0) is 13.1. The van der Waals surface area contributed by atoms with Gasteiger partial charge >= 0.3 is 6.18 Å². The van der Waals surface area contributed by atoms with Gasteiger partial charge in [0, 0.05) is 18.6 Å². The lowest BCUT2D eigenvalue weighted by Crippen LogP contribution is -2.10. The Morgan fingerprint density at radius 3 is 2.35 bits per heavy atom. The number of hydrogen-bond acceptors (Lipinski definition) is 2. The summed E-state index contributed by atoms with van der Waals surface area (Å²) in [5, 5.41) is 0. The summed E-state index contributed by atoms with van der Waals surface area (Å²) in [6.45, 7) is -0.347. The first-order valence-electron chi connectivity index (χ1n) is 4.73. The molecule has 96 valence electrons. The molecule has 0 saturated heterocycles. The van der Waals surface area contributed by atoms with Crippen LogP contribution in [0.5, 0.6) is 5.75 Å². The van der Waals surface area contributed by atoms with Gasteiger partial charge in [-0.05, 0) is 6.42 Å². The van der Waals surface area contributed by atoms with Crippen molar-refractivity contribution < 1.29 is 26.7 Å². The van der Waals surface area contributed by atoms with E-state index in [0.717, 1.165) is 0 Å². The lowest BCUT2D eigenvalue weighted by atomic mass is 10.2. The number of hydrogen-bond donors (Lipinski definition) is 1. The highest BCUT2D eigenvalue weighted by Gasteiger charge is 2.26. The molecule has 1 rings (SSSR count). The predicted octanol–water partition coefficient (Wildman–Crippen LogP) is 3.27. The Hall–Kier alpha value is -1.53. The van der Waals surface area contributed by atoms with E-state index in [2.05, 4.69) is 0 Å². The number of nitrogen functional groups attached to an aromatic ring is 1. The SMILES string of the molecule is Nc1cc(F)c(OCCCC(F)(F)F)cc1F. The van der Waals surface area contributed by atoms with E-state index in [1.165, 1.54) is 0 Å². The standard InChI is InChI=1S/C10H10F5NO/c11-6-5-9(7(12)4-8(6)16)17-3-1-2-10(13,14)15/h4-5H,1-3,16H2. The van der Waals surface area contributed by atoms with Crippen molar-refractivity contribution in [2.45, 2.75) is 19.0 Å². The van der Waals surface area contributed by atoms with Crippen molar-refractivity contribution in [1.82, 2.24) is 0 Å². The van der Waals surface area contributed by atoms with Crippen molar-refractivity contribution in [3.63, 3.8) is 0 Å². The van der Waals surface area contributed by atoms with E-state index in [-0.39, 0.29) is 18.7 Å². The summed E-state index contributed by atoms with van der Waals surface area (Å²) in [5.74, 6) is -2.23. The van der Waals surface area contributed by atoms with E-state index >= 15 is 0 Å². The molecule has 0 aliphatic heterocycles. The van der Waals surface area contributed by atoms with Crippen LogP contribution < -0.4 is 10.5 Å². The van der Waals surface area contributed by atoms with Crippen molar-refractivity contribution in [3.05, 3.63) is 23.8 Å². The Bertz CT molecular complexity index is 391. The summed E-state index contributed by atoms with van der Waals surface area (Å²) >= 11 is 0. The molecule has 0 unspecified atom stereocenters. The molecule has 0 fully saturated rings. The molecule has 2 N–H and O–H groups in total. The first-order chi connectivity index (χ1) is 7.79. The number of nitrogens with two attached hydrogens (primary N) is 1. The zero-order valence-corrected chi connectivity index (χ0v) is 8.65. The van der Waals surface area contributed by atoms with Gasteiger partial charge in [-0.2, -0.15) is 13.2 Å². The molecule has 0 aromatic heterocycles. The number of benzene rings is 1. The van der Waals surface area contributed by atoms with Crippen molar-refractivity contribution in [2.24, 2.45) is 0 Å². The first-order valence-corrected chi connectivity index (χ1v) is 4.73. The second-order valence-corrected chi connectivity index (χ2v) is 3.37. The quantitative estimate of drug-likeness (QED) is 0.509. The van der Waals surface area contributed by atoms with Gasteiger partial charge in [-0.1, -0.05) is 0 Å². The molecular formula is C10H10F5NO. The van der Waals surface area contributed by atoms with Crippen LogP contribution in [0.1, 0.15) is 12.8 Å². The van der Waals surface area contributed by atoms with E-state index in [0.29, 0.717) is 12.1 Å². The number of rotatable bonds is 4. The highest BCUT2D eigenvalue weighted by molar-refractivity contribution is 5.44.